The molecule has 1 aliphatic heterocycles. The number of carbonyl (C=O) groups excluding carboxylic acids is 3. The summed E-state index contributed by atoms with van der Waals surface area (Å²) < 4.78 is 0. The number of halogens is 2. The number of likely N-dealkylation sites (tertiary alicyclic amines) is 1. The van der Waals surface area contributed by atoms with Crippen molar-refractivity contribution < 1.29 is 14.4 Å². The van der Waals surface area contributed by atoms with E-state index in [9.17, 15) is 14.4 Å². The van der Waals surface area contributed by atoms with Gasteiger partial charge in [-0.3, -0.25) is 14.4 Å². The molecular weight excluding hydrogens is 405 g/mol. The van der Waals surface area contributed by atoms with Gasteiger partial charge in [0.25, 0.3) is 5.91 Å². The Balaban J connectivity index is 1.52. The number of Topliss-reactive ketones (excluding diaryl/α,β-unsaturated/α-hetero) is 1. The highest BCUT2D eigenvalue weighted by atomic mass is 35.5. The summed E-state index contributed by atoms with van der Waals surface area (Å²) in [6.45, 7) is 2.03. The second-order valence-electron chi connectivity index (χ2n) is 6.76. The Labute approximate surface area is 171 Å². The van der Waals surface area contributed by atoms with Gasteiger partial charge in [-0.05, 0) is 37.5 Å². The molecule has 2 heterocycles. The lowest BCUT2D eigenvalue weighted by Crippen LogP contribution is -2.40. The number of aryl methyl sites for hydroxylation is 1. The van der Waals surface area contributed by atoms with Crippen LogP contribution in [0, 0.1) is 5.92 Å². The van der Waals surface area contributed by atoms with Crippen molar-refractivity contribution in [3.63, 3.8) is 0 Å². The zero-order valence-electron chi connectivity index (χ0n) is 15.1. The molecule has 1 aromatic heterocycles. The summed E-state index contributed by atoms with van der Waals surface area (Å²) in [6, 6.07) is 5.23. The van der Waals surface area contributed by atoms with E-state index in [-0.39, 0.29) is 19.1 Å². The Kier molecular flexibility index (Phi) is 6.31. The molecule has 0 spiro atoms. The third kappa shape index (κ3) is 4.69. The fourth-order valence-corrected chi connectivity index (χ4v) is 3.34. The van der Waals surface area contributed by atoms with Crippen LogP contribution in [0.25, 0.3) is 0 Å². The predicted octanol–water partition coefficient (Wildman–Crippen LogP) is 1.78. The molecular formula is C18H19Cl2N5O3. The van der Waals surface area contributed by atoms with E-state index < -0.39 is 23.5 Å². The first-order valence-electron chi connectivity index (χ1n) is 8.77. The van der Waals surface area contributed by atoms with Crippen LogP contribution in [0.15, 0.2) is 24.4 Å². The molecule has 3 rings (SSSR count). The summed E-state index contributed by atoms with van der Waals surface area (Å²) in [4.78, 5) is 38.1. The van der Waals surface area contributed by atoms with Crippen LogP contribution in [0.3, 0.4) is 0 Å². The molecule has 10 heteroatoms. The van der Waals surface area contributed by atoms with Gasteiger partial charge >= 0.3 is 0 Å². The third-order valence-electron chi connectivity index (χ3n) is 4.59. The van der Waals surface area contributed by atoms with Gasteiger partial charge in [0.05, 0.1) is 22.8 Å². The first kappa shape index (κ1) is 20.3. The maximum absolute atomic E-state index is 12.5. The van der Waals surface area contributed by atoms with Crippen molar-refractivity contribution in [3.8, 4) is 0 Å². The van der Waals surface area contributed by atoms with Gasteiger partial charge in [0.15, 0.2) is 0 Å². The van der Waals surface area contributed by atoms with Crippen molar-refractivity contribution in [1.82, 2.24) is 25.6 Å². The zero-order chi connectivity index (χ0) is 20.3. The number of amides is 2. The standard InChI is InChI=1S/C18H19Cl2N5O3/c1-10(2-3-11-4-5-14(19)15(20)6-11)22-17(27)13-9-25(18(28)16(13)26)8-12-7-21-24-23-12/h4-7,10,13H,2-3,8-9H2,1H3,(H,22,27)(H,21,23,24). The zero-order valence-corrected chi connectivity index (χ0v) is 16.6. The minimum atomic E-state index is -1.01. The summed E-state index contributed by atoms with van der Waals surface area (Å²) in [6.07, 6.45) is 2.81. The number of benzene rings is 1. The summed E-state index contributed by atoms with van der Waals surface area (Å²) in [5, 5.41) is 13.8. The molecule has 1 aliphatic rings. The molecule has 0 radical (unpaired) electrons. The molecule has 2 atom stereocenters. The van der Waals surface area contributed by atoms with Gasteiger partial charge in [-0.2, -0.15) is 15.4 Å². The van der Waals surface area contributed by atoms with Crippen molar-refractivity contribution >= 4 is 40.8 Å². The Bertz CT molecular complexity index is 887. The minimum Gasteiger partial charge on any atom is -0.353 e. The SMILES string of the molecule is CC(CCc1ccc(Cl)c(Cl)c1)NC(=O)C1CN(Cc2cn[nH]n2)C(=O)C1=O. The number of rotatable bonds is 7. The van der Waals surface area contributed by atoms with Crippen LogP contribution < -0.4 is 5.32 Å². The van der Waals surface area contributed by atoms with Crippen molar-refractivity contribution in [2.24, 2.45) is 5.92 Å². The van der Waals surface area contributed by atoms with Crippen molar-refractivity contribution in [3.05, 3.63) is 45.7 Å². The molecule has 0 bridgehead atoms. The van der Waals surface area contributed by atoms with Gasteiger partial charge < -0.3 is 10.2 Å². The fraction of sp³-hybridized carbons (Fsp3) is 0.389. The lowest BCUT2D eigenvalue weighted by atomic mass is 10.0. The maximum Gasteiger partial charge on any atom is 0.291 e. The van der Waals surface area contributed by atoms with E-state index in [0.717, 1.165) is 5.56 Å². The third-order valence-corrected chi connectivity index (χ3v) is 5.33. The van der Waals surface area contributed by atoms with Gasteiger partial charge in [0, 0.05) is 12.6 Å². The topological polar surface area (TPSA) is 108 Å². The Morgan fingerprint density at radius 3 is 2.82 bits per heavy atom. The van der Waals surface area contributed by atoms with E-state index in [1.807, 2.05) is 13.0 Å². The van der Waals surface area contributed by atoms with E-state index in [0.29, 0.717) is 28.6 Å². The Hall–Kier alpha value is -2.45. The highest BCUT2D eigenvalue weighted by Gasteiger charge is 2.43. The van der Waals surface area contributed by atoms with E-state index in [2.05, 4.69) is 20.7 Å². The smallest absolute Gasteiger partial charge is 0.291 e. The molecule has 1 aromatic carbocycles. The van der Waals surface area contributed by atoms with Crippen LogP contribution in [0.2, 0.25) is 10.0 Å². The average molecular weight is 424 g/mol. The Morgan fingerprint density at radius 1 is 1.36 bits per heavy atom. The van der Waals surface area contributed by atoms with E-state index in [1.165, 1.54) is 11.1 Å². The van der Waals surface area contributed by atoms with Gasteiger partial charge in [-0.1, -0.05) is 29.3 Å². The van der Waals surface area contributed by atoms with Gasteiger partial charge in [0.2, 0.25) is 11.7 Å². The lowest BCUT2D eigenvalue weighted by Gasteiger charge is -2.17. The summed E-state index contributed by atoms with van der Waals surface area (Å²) in [5.41, 5.74) is 1.53. The largest absolute Gasteiger partial charge is 0.353 e. The minimum absolute atomic E-state index is 0.0376. The van der Waals surface area contributed by atoms with Crippen molar-refractivity contribution in [1.29, 1.82) is 0 Å². The van der Waals surface area contributed by atoms with Gasteiger partial charge in [0.1, 0.15) is 11.6 Å². The molecule has 1 saturated heterocycles. The fourth-order valence-electron chi connectivity index (χ4n) is 3.02. The van der Waals surface area contributed by atoms with Crippen LogP contribution in [0.4, 0.5) is 0 Å². The predicted molar refractivity (Wildman–Crippen MR) is 103 cm³/mol. The number of hydrogen-bond acceptors (Lipinski definition) is 5. The van der Waals surface area contributed by atoms with E-state index >= 15 is 0 Å². The molecule has 0 saturated carbocycles. The van der Waals surface area contributed by atoms with Crippen molar-refractivity contribution in [2.75, 3.05) is 6.54 Å². The molecule has 8 nitrogen and oxygen atoms in total. The number of ketones is 1. The number of aromatic amines is 1. The summed E-state index contributed by atoms with van der Waals surface area (Å²) >= 11 is 11.9. The molecule has 2 N–H and O–H groups in total. The maximum atomic E-state index is 12.5. The molecule has 0 aliphatic carbocycles. The second kappa shape index (κ2) is 8.70. The quantitative estimate of drug-likeness (QED) is 0.521. The van der Waals surface area contributed by atoms with Crippen LogP contribution in [-0.2, 0) is 27.3 Å². The van der Waals surface area contributed by atoms with Crippen LogP contribution in [0.5, 0.6) is 0 Å². The van der Waals surface area contributed by atoms with E-state index in [1.54, 1.807) is 12.1 Å². The monoisotopic (exact) mass is 423 g/mol. The molecule has 2 aromatic rings. The molecule has 2 unspecified atom stereocenters. The average Bonchev–Trinajstić information content (AvgIpc) is 3.26. The van der Waals surface area contributed by atoms with Crippen molar-refractivity contribution in [2.45, 2.75) is 32.4 Å². The summed E-state index contributed by atoms with van der Waals surface area (Å²) in [5.74, 6) is -2.82. The lowest BCUT2D eigenvalue weighted by molar-refractivity contribution is -0.142. The van der Waals surface area contributed by atoms with Crippen LogP contribution in [-0.4, -0.2) is 50.5 Å². The molecule has 28 heavy (non-hydrogen) atoms. The van der Waals surface area contributed by atoms with E-state index in [4.69, 9.17) is 23.2 Å². The second-order valence-corrected chi connectivity index (χ2v) is 7.58. The molecule has 2 amide bonds. The molecule has 1 fully saturated rings. The normalized spacial score (nSPS) is 17.8. The molecule has 148 valence electrons. The number of H-pyrrole nitrogens is 1. The Morgan fingerprint density at radius 2 is 2.14 bits per heavy atom. The number of hydrogen-bond donors (Lipinski definition) is 2. The highest BCUT2D eigenvalue weighted by molar-refractivity contribution is 6.42. The first-order valence-corrected chi connectivity index (χ1v) is 9.53. The number of aromatic nitrogens is 3. The number of nitrogens with one attached hydrogen (secondary N) is 2. The number of nitrogens with zero attached hydrogens (tertiary/aromatic N) is 3. The van der Waals surface area contributed by atoms with Crippen LogP contribution >= 0.6 is 23.2 Å². The first-order chi connectivity index (χ1) is 13.3. The number of carbonyl (C=O) groups is 3. The van der Waals surface area contributed by atoms with Crippen LogP contribution in [0.1, 0.15) is 24.6 Å². The highest BCUT2D eigenvalue weighted by Crippen LogP contribution is 2.23. The summed E-state index contributed by atoms with van der Waals surface area (Å²) in [7, 11) is 0. The van der Waals surface area contributed by atoms with Gasteiger partial charge in [-0.15, -0.1) is 0 Å². The van der Waals surface area contributed by atoms with Gasteiger partial charge in [-0.25, -0.2) is 0 Å².